The van der Waals surface area contributed by atoms with Crippen LogP contribution in [-0.2, 0) is 4.74 Å². The van der Waals surface area contributed by atoms with Crippen LogP contribution in [0.5, 0.6) is 0 Å². The van der Waals surface area contributed by atoms with Gasteiger partial charge >= 0.3 is 0 Å². The van der Waals surface area contributed by atoms with Crippen molar-refractivity contribution < 1.29 is 4.74 Å². The molecule has 0 spiro atoms. The Kier molecular flexibility index (Phi) is 3.93. The molecular weight excluding hydrogens is 176 g/mol. The Morgan fingerprint density at radius 3 is 2.21 bits per heavy atom. The fourth-order valence-electron chi connectivity index (χ4n) is 1.91. The van der Waals surface area contributed by atoms with Crippen LogP contribution >= 0.6 is 0 Å². The second-order valence-corrected chi connectivity index (χ2v) is 5.26. The summed E-state index contributed by atoms with van der Waals surface area (Å²) in [6, 6.07) is 0. The number of hydrogen-bond acceptors (Lipinski definition) is 3. The summed E-state index contributed by atoms with van der Waals surface area (Å²) in [5.74, 6) is 0. The summed E-state index contributed by atoms with van der Waals surface area (Å²) in [5, 5.41) is 0. The highest BCUT2D eigenvalue weighted by atomic mass is 16.5. The first-order valence-corrected chi connectivity index (χ1v) is 5.53. The van der Waals surface area contributed by atoms with E-state index in [1.165, 1.54) is 0 Å². The molecule has 2 atom stereocenters. The van der Waals surface area contributed by atoms with Crippen LogP contribution in [0.15, 0.2) is 0 Å². The van der Waals surface area contributed by atoms with Gasteiger partial charge in [0.2, 0.25) is 0 Å². The molecule has 14 heavy (non-hydrogen) atoms. The van der Waals surface area contributed by atoms with Gasteiger partial charge in [0.1, 0.15) is 0 Å². The van der Waals surface area contributed by atoms with Gasteiger partial charge in [0.15, 0.2) is 0 Å². The van der Waals surface area contributed by atoms with Gasteiger partial charge in [-0.15, -0.1) is 0 Å². The standard InChI is InChI=1S/C11H24N2O/c1-9-7-13(8-10(2)14-9)6-5-11(3,4)12/h9-10H,5-8,12H2,1-4H3. The zero-order valence-corrected chi connectivity index (χ0v) is 9.92. The van der Waals surface area contributed by atoms with Crippen LogP contribution in [0.25, 0.3) is 0 Å². The fraction of sp³-hybridized carbons (Fsp3) is 1.00. The maximum Gasteiger partial charge on any atom is 0.0678 e. The molecular formula is C11H24N2O. The highest BCUT2D eigenvalue weighted by Crippen LogP contribution is 2.13. The van der Waals surface area contributed by atoms with Gasteiger partial charge < -0.3 is 10.5 Å². The number of rotatable bonds is 3. The molecule has 0 radical (unpaired) electrons. The second-order valence-electron chi connectivity index (χ2n) is 5.26. The summed E-state index contributed by atoms with van der Waals surface area (Å²) in [5.41, 5.74) is 5.91. The lowest BCUT2D eigenvalue weighted by Gasteiger charge is -2.36. The Balaban J connectivity index is 2.30. The van der Waals surface area contributed by atoms with E-state index in [4.69, 9.17) is 10.5 Å². The molecule has 0 aromatic heterocycles. The second kappa shape index (κ2) is 4.60. The largest absolute Gasteiger partial charge is 0.373 e. The van der Waals surface area contributed by atoms with Gasteiger partial charge in [-0.25, -0.2) is 0 Å². The molecule has 0 aromatic carbocycles. The summed E-state index contributed by atoms with van der Waals surface area (Å²) < 4.78 is 5.68. The maximum atomic E-state index is 5.96. The Labute approximate surface area is 87.6 Å². The molecule has 1 aliphatic rings. The monoisotopic (exact) mass is 200 g/mol. The van der Waals surface area contributed by atoms with E-state index in [2.05, 4.69) is 32.6 Å². The molecule has 1 saturated heterocycles. The topological polar surface area (TPSA) is 38.5 Å². The predicted molar refractivity (Wildman–Crippen MR) is 59.3 cm³/mol. The first-order chi connectivity index (χ1) is 6.37. The van der Waals surface area contributed by atoms with E-state index in [0.717, 1.165) is 26.1 Å². The quantitative estimate of drug-likeness (QED) is 0.744. The Morgan fingerprint density at radius 1 is 1.29 bits per heavy atom. The first kappa shape index (κ1) is 12.0. The minimum absolute atomic E-state index is 0.0508. The van der Waals surface area contributed by atoms with E-state index < -0.39 is 0 Å². The van der Waals surface area contributed by atoms with E-state index in [9.17, 15) is 0 Å². The van der Waals surface area contributed by atoms with Crippen LogP contribution in [0.2, 0.25) is 0 Å². The van der Waals surface area contributed by atoms with Crippen LogP contribution in [0.3, 0.4) is 0 Å². The smallest absolute Gasteiger partial charge is 0.0678 e. The van der Waals surface area contributed by atoms with Crippen molar-refractivity contribution in [3.8, 4) is 0 Å². The lowest BCUT2D eigenvalue weighted by Crippen LogP contribution is -2.47. The summed E-state index contributed by atoms with van der Waals surface area (Å²) in [6.45, 7) is 11.6. The molecule has 3 nitrogen and oxygen atoms in total. The zero-order chi connectivity index (χ0) is 10.8. The molecule has 1 rings (SSSR count). The van der Waals surface area contributed by atoms with Crippen molar-refractivity contribution >= 4 is 0 Å². The third kappa shape index (κ3) is 4.40. The van der Waals surface area contributed by atoms with Crippen LogP contribution in [0.1, 0.15) is 34.1 Å². The number of morpholine rings is 1. The third-order valence-corrected chi connectivity index (χ3v) is 2.57. The molecule has 1 heterocycles. The molecule has 2 unspecified atom stereocenters. The minimum atomic E-state index is -0.0508. The summed E-state index contributed by atoms with van der Waals surface area (Å²) in [7, 11) is 0. The van der Waals surface area contributed by atoms with Gasteiger partial charge in [0.25, 0.3) is 0 Å². The van der Waals surface area contributed by atoms with E-state index in [1.54, 1.807) is 0 Å². The predicted octanol–water partition coefficient (Wildman–Crippen LogP) is 1.22. The van der Waals surface area contributed by atoms with Crippen molar-refractivity contribution in [1.29, 1.82) is 0 Å². The molecule has 1 aliphatic heterocycles. The lowest BCUT2D eigenvalue weighted by molar-refractivity contribution is -0.0689. The number of ether oxygens (including phenoxy) is 1. The van der Waals surface area contributed by atoms with Gasteiger partial charge in [0, 0.05) is 25.2 Å². The van der Waals surface area contributed by atoms with Crippen molar-refractivity contribution in [1.82, 2.24) is 4.90 Å². The summed E-state index contributed by atoms with van der Waals surface area (Å²) >= 11 is 0. The van der Waals surface area contributed by atoms with Gasteiger partial charge in [0.05, 0.1) is 12.2 Å². The highest BCUT2D eigenvalue weighted by molar-refractivity contribution is 4.78. The Morgan fingerprint density at radius 2 is 1.79 bits per heavy atom. The van der Waals surface area contributed by atoms with Crippen molar-refractivity contribution in [2.75, 3.05) is 19.6 Å². The Hall–Kier alpha value is -0.120. The molecule has 1 fully saturated rings. The molecule has 0 aromatic rings. The highest BCUT2D eigenvalue weighted by Gasteiger charge is 2.23. The van der Waals surface area contributed by atoms with Crippen molar-refractivity contribution in [2.24, 2.45) is 5.73 Å². The number of hydrogen-bond donors (Lipinski definition) is 1. The SMILES string of the molecule is CC1CN(CCC(C)(C)N)CC(C)O1. The van der Waals surface area contributed by atoms with Crippen LogP contribution in [0, 0.1) is 0 Å². The van der Waals surface area contributed by atoms with Crippen LogP contribution in [0.4, 0.5) is 0 Å². The van der Waals surface area contributed by atoms with Crippen molar-refractivity contribution in [3.63, 3.8) is 0 Å². The van der Waals surface area contributed by atoms with Crippen molar-refractivity contribution in [2.45, 2.75) is 51.9 Å². The van der Waals surface area contributed by atoms with E-state index >= 15 is 0 Å². The van der Waals surface area contributed by atoms with E-state index in [0.29, 0.717) is 12.2 Å². The van der Waals surface area contributed by atoms with Gasteiger partial charge in [-0.1, -0.05) is 0 Å². The summed E-state index contributed by atoms with van der Waals surface area (Å²) in [4.78, 5) is 2.45. The normalized spacial score (nSPS) is 30.6. The van der Waals surface area contributed by atoms with Crippen molar-refractivity contribution in [3.05, 3.63) is 0 Å². The van der Waals surface area contributed by atoms with Crippen LogP contribution < -0.4 is 5.73 Å². The molecule has 2 N–H and O–H groups in total. The summed E-state index contributed by atoms with van der Waals surface area (Å²) in [6.07, 6.45) is 1.77. The molecule has 3 heteroatoms. The maximum absolute atomic E-state index is 5.96. The van der Waals surface area contributed by atoms with Gasteiger partial charge in [-0.3, -0.25) is 4.90 Å². The molecule has 0 saturated carbocycles. The van der Waals surface area contributed by atoms with E-state index in [-0.39, 0.29) is 5.54 Å². The molecule has 0 amide bonds. The molecule has 84 valence electrons. The number of nitrogens with two attached hydrogens (primary N) is 1. The average Bonchev–Trinajstić information content (AvgIpc) is 1.97. The molecule has 0 bridgehead atoms. The third-order valence-electron chi connectivity index (χ3n) is 2.57. The fourth-order valence-corrected chi connectivity index (χ4v) is 1.91. The first-order valence-electron chi connectivity index (χ1n) is 5.53. The molecule has 0 aliphatic carbocycles. The van der Waals surface area contributed by atoms with Gasteiger partial charge in [-0.05, 0) is 34.1 Å². The minimum Gasteiger partial charge on any atom is -0.373 e. The number of nitrogens with zero attached hydrogens (tertiary/aromatic N) is 1. The van der Waals surface area contributed by atoms with E-state index in [1.807, 2.05) is 0 Å². The zero-order valence-electron chi connectivity index (χ0n) is 9.92. The Bertz CT molecular complexity index is 167. The van der Waals surface area contributed by atoms with Crippen LogP contribution in [-0.4, -0.2) is 42.3 Å². The van der Waals surface area contributed by atoms with Gasteiger partial charge in [-0.2, -0.15) is 0 Å². The average molecular weight is 200 g/mol. The lowest BCUT2D eigenvalue weighted by atomic mass is 10.0.